The number of hydrogen-bond acceptors (Lipinski definition) is 2. The Bertz CT molecular complexity index is 164. The molecule has 0 amide bonds. The summed E-state index contributed by atoms with van der Waals surface area (Å²) in [4.78, 5) is 2.43. The van der Waals surface area contributed by atoms with Crippen LogP contribution in [0.2, 0.25) is 0 Å². The Morgan fingerprint density at radius 1 is 1.36 bits per heavy atom. The number of aliphatic hydroxyl groups is 1. The van der Waals surface area contributed by atoms with Gasteiger partial charge in [0.2, 0.25) is 0 Å². The Morgan fingerprint density at radius 2 is 2.00 bits per heavy atom. The van der Waals surface area contributed by atoms with E-state index >= 15 is 0 Å². The minimum absolute atomic E-state index is 0.496. The number of nitrogens with zero attached hydrogens (tertiary/aromatic N) is 1. The Kier molecular flexibility index (Phi) is 4.39. The average molecular weight is 199 g/mol. The molecular weight excluding hydrogens is 174 g/mol. The molecule has 1 saturated carbocycles. The third kappa shape index (κ3) is 4.43. The largest absolute Gasteiger partial charge is 0.389 e. The van der Waals surface area contributed by atoms with Crippen molar-refractivity contribution in [3.05, 3.63) is 0 Å². The molecule has 1 N–H and O–H groups in total. The van der Waals surface area contributed by atoms with Gasteiger partial charge in [-0.15, -0.1) is 0 Å². The molecular formula is C12H25NO. The zero-order valence-electron chi connectivity index (χ0n) is 9.92. The molecule has 0 heterocycles. The first-order valence-electron chi connectivity index (χ1n) is 6.02. The predicted molar refractivity (Wildman–Crippen MR) is 60.4 cm³/mol. The summed E-state index contributed by atoms with van der Waals surface area (Å²) in [5.74, 6) is 0.925. The van der Waals surface area contributed by atoms with Crippen LogP contribution in [-0.4, -0.2) is 35.2 Å². The lowest BCUT2D eigenvalue weighted by molar-refractivity contribution is 0.0151. The number of hydrogen-bond donors (Lipinski definition) is 1. The summed E-state index contributed by atoms with van der Waals surface area (Å²) in [6, 6.07) is 0. The first-order valence-corrected chi connectivity index (χ1v) is 6.02. The molecule has 0 aromatic carbocycles. The van der Waals surface area contributed by atoms with Crippen molar-refractivity contribution in [3.8, 4) is 0 Å². The van der Waals surface area contributed by atoms with E-state index in [0.717, 1.165) is 25.4 Å². The van der Waals surface area contributed by atoms with Crippen LogP contribution in [0.5, 0.6) is 0 Å². The second-order valence-corrected chi connectivity index (χ2v) is 5.03. The maximum atomic E-state index is 10.0. The smallest absolute Gasteiger partial charge is 0.0743 e. The summed E-state index contributed by atoms with van der Waals surface area (Å²) >= 11 is 0. The van der Waals surface area contributed by atoms with Crippen LogP contribution in [0.25, 0.3) is 0 Å². The van der Waals surface area contributed by atoms with Crippen molar-refractivity contribution in [1.29, 1.82) is 0 Å². The van der Waals surface area contributed by atoms with Gasteiger partial charge in [0.25, 0.3) is 0 Å². The molecule has 1 unspecified atom stereocenters. The van der Waals surface area contributed by atoms with Crippen LogP contribution in [0, 0.1) is 5.92 Å². The Balaban J connectivity index is 2.32. The fraction of sp³-hybridized carbons (Fsp3) is 1.00. The summed E-state index contributed by atoms with van der Waals surface area (Å²) in [5.41, 5.74) is -0.496. The highest BCUT2D eigenvalue weighted by molar-refractivity contribution is 4.81. The molecule has 2 heteroatoms. The average Bonchev–Trinajstić information content (AvgIpc) is 2.88. The second-order valence-electron chi connectivity index (χ2n) is 5.03. The van der Waals surface area contributed by atoms with Gasteiger partial charge in [-0.3, -0.25) is 0 Å². The van der Waals surface area contributed by atoms with Crippen LogP contribution in [0.3, 0.4) is 0 Å². The van der Waals surface area contributed by atoms with Gasteiger partial charge in [0.1, 0.15) is 0 Å². The van der Waals surface area contributed by atoms with Crippen molar-refractivity contribution in [2.24, 2.45) is 5.92 Å². The van der Waals surface area contributed by atoms with Crippen LogP contribution in [0.1, 0.15) is 46.5 Å². The van der Waals surface area contributed by atoms with E-state index in [0.29, 0.717) is 0 Å². The van der Waals surface area contributed by atoms with Crippen LogP contribution >= 0.6 is 0 Å². The molecule has 84 valence electrons. The lowest BCUT2D eigenvalue weighted by atomic mass is 10.0. The molecule has 1 aliphatic rings. The van der Waals surface area contributed by atoms with Crippen molar-refractivity contribution >= 4 is 0 Å². The molecule has 1 atom stereocenters. The molecule has 1 rings (SSSR count). The molecule has 0 spiro atoms. The van der Waals surface area contributed by atoms with Crippen molar-refractivity contribution in [2.45, 2.75) is 52.1 Å². The molecule has 0 bridgehead atoms. The van der Waals surface area contributed by atoms with Crippen molar-refractivity contribution in [1.82, 2.24) is 4.90 Å². The highest BCUT2D eigenvalue weighted by Gasteiger charge is 2.27. The molecule has 0 aromatic heterocycles. The van der Waals surface area contributed by atoms with Gasteiger partial charge in [0, 0.05) is 13.1 Å². The molecule has 0 aliphatic heterocycles. The van der Waals surface area contributed by atoms with E-state index in [4.69, 9.17) is 0 Å². The van der Waals surface area contributed by atoms with E-state index in [2.05, 4.69) is 18.7 Å². The van der Waals surface area contributed by atoms with Gasteiger partial charge < -0.3 is 10.0 Å². The molecule has 2 nitrogen and oxygen atoms in total. The lowest BCUT2D eigenvalue weighted by Crippen LogP contribution is -2.41. The maximum Gasteiger partial charge on any atom is 0.0743 e. The Labute approximate surface area is 88.3 Å². The maximum absolute atomic E-state index is 10.0. The van der Waals surface area contributed by atoms with E-state index < -0.39 is 5.60 Å². The quantitative estimate of drug-likeness (QED) is 0.680. The first kappa shape index (κ1) is 12.0. The van der Waals surface area contributed by atoms with Gasteiger partial charge in [-0.1, -0.05) is 13.8 Å². The summed E-state index contributed by atoms with van der Waals surface area (Å²) in [7, 11) is 0. The Morgan fingerprint density at radius 3 is 2.43 bits per heavy atom. The number of rotatable bonds is 7. The highest BCUT2D eigenvalue weighted by Crippen LogP contribution is 2.30. The SMILES string of the molecule is CCCN(CC1CC1)CC(C)(O)CC. The Hall–Kier alpha value is -0.0800. The standard InChI is InChI=1S/C12H25NO/c1-4-8-13(9-11-6-7-11)10-12(3,14)5-2/h11,14H,4-10H2,1-3H3. The van der Waals surface area contributed by atoms with Gasteiger partial charge in [-0.2, -0.15) is 0 Å². The third-order valence-electron chi connectivity index (χ3n) is 3.08. The van der Waals surface area contributed by atoms with E-state index in [9.17, 15) is 5.11 Å². The van der Waals surface area contributed by atoms with Gasteiger partial charge in [-0.05, 0) is 45.1 Å². The summed E-state index contributed by atoms with van der Waals surface area (Å²) < 4.78 is 0. The zero-order chi connectivity index (χ0) is 10.6. The predicted octanol–water partition coefficient (Wildman–Crippen LogP) is 2.27. The van der Waals surface area contributed by atoms with Crippen molar-refractivity contribution in [3.63, 3.8) is 0 Å². The van der Waals surface area contributed by atoms with E-state index in [1.807, 2.05) is 6.92 Å². The van der Waals surface area contributed by atoms with Crippen LogP contribution < -0.4 is 0 Å². The fourth-order valence-electron chi connectivity index (χ4n) is 1.81. The molecule has 14 heavy (non-hydrogen) atoms. The van der Waals surface area contributed by atoms with Crippen LogP contribution in [0.15, 0.2) is 0 Å². The van der Waals surface area contributed by atoms with Gasteiger partial charge in [0.05, 0.1) is 5.60 Å². The van der Waals surface area contributed by atoms with Crippen molar-refractivity contribution in [2.75, 3.05) is 19.6 Å². The highest BCUT2D eigenvalue weighted by atomic mass is 16.3. The van der Waals surface area contributed by atoms with E-state index in [1.165, 1.54) is 25.8 Å². The summed E-state index contributed by atoms with van der Waals surface area (Å²) in [6.45, 7) is 9.38. The summed E-state index contributed by atoms with van der Waals surface area (Å²) in [5, 5.41) is 10.0. The van der Waals surface area contributed by atoms with E-state index in [-0.39, 0.29) is 0 Å². The minimum Gasteiger partial charge on any atom is -0.389 e. The van der Waals surface area contributed by atoms with Gasteiger partial charge >= 0.3 is 0 Å². The normalized spacial score (nSPS) is 21.2. The van der Waals surface area contributed by atoms with Crippen molar-refractivity contribution < 1.29 is 5.11 Å². The van der Waals surface area contributed by atoms with Gasteiger partial charge in [0.15, 0.2) is 0 Å². The van der Waals surface area contributed by atoms with Gasteiger partial charge in [-0.25, -0.2) is 0 Å². The molecule has 1 aliphatic carbocycles. The lowest BCUT2D eigenvalue weighted by Gasteiger charge is -2.30. The summed E-state index contributed by atoms with van der Waals surface area (Å²) in [6.07, 6.45) is 4.83. The molecule has 0 radical (unpaired) electrons. The van der Waals surface area contributed by atoms with E-state index in [1.54, 1.807) is 0 Å². The fourth-order valence-corrected chi connectivity index (χ4v) is 1.81. The van der Waals surface area contributed by atoms with Crippen LogP contribution in [0.4, 0.5) is 0 Å². The zero-order valence-corrected chi connectivity index (χ0v) is 9.92. The molecule has 1 fully saturated rings. The first-order chi connectivity index (χ1) is 6.57. The minimum atomic E-state index is -0.496. The molecule has 0 aromatic rings. The second kappa shape index (κ2) is 5.13. The van der Waals surface area contributed by atoms with Crippen LogP contribution in [-0.2, 0) is 0 Å². The monoisotopic (exact) mass is 199 g/mol. The topological polar surface area (TPSA) is 23.5 Å². The third-order valence-corrected chi connectivity index (χ3v) is 3.08. The molecule has 0 saturated heterocycles.